The molecule has 0 fully saturated rings. The molecule has 1 aliphatic carbocycles. The molecule has 3 rings (SSSR count). The van der Waals surface area contributed by atoms with Gasteiger partial charge in [-0.1, -0.05) is 48.5 Å². The molecule has 0 saturated carbocycles. The van der Waals surface area contributed by atoms with Crippen molar-refractivity contribution in [1.29, 1.82) is 0 Å². The second-order valence-corrected chi connectivity index (χ2v) is 3.75. The van der Waals surface area contributed by atoms with E-state index < -0.39 is 0 Å². The van der Waals surface area contributed by atoms with Crippen molar-refractivity contribution < 1.29 is 51.6 Å². The topological polar surface area (TPSA) is 34.1 Å². The molecule has 2 aromatic carbocycles. The van der Waals surface area contributed by atoms with Crippen LogP contribution < -0.4 is 42.0 Å². The van der Waals surface area contributed by atoms with Crippen molar-refractivity contribution in [2.45, 2.75) is 0 Å². The number of hydrogen-bond donors (Lipinski definition) is 0. The molecular weight excluding hydrogens is 259 g/mol. The smallest absolute Gasteiger partial charge is 1.00 e. The Balaban J connectivity index is 0.000000810. The van der Waals surface area contributed by atoms with E-state index in [1.165, 1.54) is 0 Å². The number of carbonyl (C=O) groups is 2. The van der Waals surface area contributed by atoms with Crippen molar-refractivity contribution in [2.24, 2.45) is 0 Å². The number of benzene rings is 2. The largest absolute Gasteiger partial charge is 1.00 e. The zero-order valence-corrected chi connectivity index (χ0v) is 12.6. The molecule has 0 atom stereocenters. The van der Waals surface area contributed by atoms with E-state index in [0.717, 1.165) is 0 Å². The van der Waals surface area contributed by atoms with Gasteiger partial charge in [0.2, 0.25) is 0 Å². The van der Waals surface area contributed by atoms with E-state index in [0.29, 0.717) is 22.3 Å². The van der Waals surface area contributed by atoms with E-state index >= 15 is 0 Å². The van der Waals surface area contributed by atoms with Crippen LogP contribution >= 0.6 is 0 Å². The van der Waals surface area contributed by atoms with E-state index in [4.69, 9.17) is 0 Å². The molecule has 1 aliphatic rings. The third-order valence-electron chi connectivity index (χ3n) is 2.83. The Kier molecular flexibility index (Phi) is 4.88. The Bertz CT molecular complexity index is 517. The Morgan fingerprint density at radius 3 is 1.00 bits per heavy atom. The summed E-state index contributed by atoms with van der Waals surface area (Å²) in [5.74, 6) is -0.128. The minimum absolute atomic E-state index is 0. The standard InChI is InChI=1S/C14H8O2.ClH.Na/c15-13-9-5-1-2-6-10(9)14(16)12-8-4-3-7-11(12)13;;/h1-8H;1H;/q;;+1/p-1. The van der Waals surface area contributed by atoms with Crippen molar-refractivity contribution in [3.63, 3.8) is 0 Å². The Hall–Kier alpha value is -0.930. The van der Waals surface area contributed by atoms with Gasteiger partial charge in [0.1, 0.15) is 0 Å². The Labute approximate surface area is 133 Å². The van der Waals surface area contributed by atoms with Gasteiger partial charge >= 0.3 is 29.6 Å². The predicted octanol–water partition coefficient (Wildman–Crippen LogP) is -3.53. The molecule has 0 radical (unpaired) electrons. The van der Waals surface area contributed by atoms with Gasteiger partial charge in [0.15, 0.2) is 11.6 Å². The SMILES string of the molecule is O=C1c2ccccc2C(=O)c2ccccc21.[Cl-].[Na+]. The number of halogens is 1. The number of ketones is 2. The molecule has 0 unspecified atom stereocenters. The van der Waals surface area contributed by atoms with Crippen LogP contribution in [0.3, 0.4) is 0 Å². The third-order valence-corrected chi connectivity index (χ3v) is 2.83. The zero-order valence-electron chi connectivity index (χ0n) is 9.81. The van der Waals surface area contributed by atoms with Crippen LogP contribution in [0.1, 0.15) is 31.8 Å². The van der Waals surface area contributed by atoms with Crippen LogP contribution in [0.15, 0.2) is 48.5 Å². The van der Waals surface area contributed by atoms with Crippen LogP contribution in [0.25, 0.3) is 0 Å². The van der Waals surface area contributed by atoms with Crippen LogP contribution in [0.2, 0.25) is 0 Å². The van der Waals surface area contributed by atoms with Crippen LogP contribution in [0.4, 0.5) is 0 Å². The molecule has 2 nitrogen and oxygen atoms in total. The molecule has 0 aliphatic heterocycles. The van der Waals surface area contributed by atoms with Gasteiger partial charge in [-0.3, -0.25) is 9.59 Å². The van der Waals surface area contributed by atoms with Gasteiger partial charge in [0.05, 0.1) is 0 Å². The molecule has 0 spiro atoms. The van der Waals surface area contributed by atoms with Gasteiger partial charge in [0, 0.05) is 22.3 Å². The molecule has 0 bridgehead atoms. The first-order valence-corrected chi connectivity index (χ1v) is 5.06. The van der Waals surface area contributed by atoms with E-state index in [1.54, 1.807) is 48.5 Å². The molecule has 0 aromatic heterocycles. The Morgan fingerprint density at radius 1 is 0.556 bits per heavy atom. The third kappa shape index (κ3) is 2.17. The second kappa shape index (κ2) is 5.81. The molecule has 4 heteroatoms. The zero-order chi connectivity index (χ0) is 11.1. The fraction of sp³-hybridized carbons (Fsp3) is 0. The van der Waals surface area contributed by atoms with E-state index in [1.807, 2.05) is 0 Å². The van der Waals surface area contributed by atoms with Crippen molar-refractivity contribution >= 4 is 11.6 Å². The molecule has 18 heavy (non-hydrogen) atoms. The van der Waals surface area contributed by atoms with Crippen molar-refractivity contribution in [2.75, 3.05) is 0 Å². The summed E-state index contributed by atoms with van der Waals surface area (Å²) in [6.07, 6.45) is 0. The molecular formula is C14H8ClNaO2. The van der Waals surface area contributed by atoms with Gasteiger partial charge in [-0.2, -0.15) is 0 Å². The number of fused-ring (bicyclic) bond motifs is 2. The summed E-state index contributed by atoms with van der Waals surface area (Å²) in [6, 6.07) is 13.9. The molecule has 0 amide bonds. The van der Waals surface area contributed by atoms with Gasteiger partial charge in [-0.15, -0.1) is 0 Å². The molecule has 0 heterocycles. The van der Waals surface area contributed by atoms with Crippen molar-refractivity contribution in [3.8, 4) is 0 Å². The predicted molar refractivity (Wildman–Crippen MR) is 59.7 cm³/mol. The average Bonchev–Trinajstić information content (AvgIpc) is 2.36. The molecule has 0 saturated heterocycles. The summed E-state index contributed by atoms with van der Waals surface area (Å²) in [5, 5.41) is 0. The maximum absolute atomic E-state index is 12.1. The summed E-state index contributed by atoms with van der Waals surface area (Å²) in [6.45, 7) is 0. The van der Waals surface area contributed by atoms with Crippen molar-refractivity contribution in [3.05, 3.63) is 70.8 Å². The minimum atomic E-state index is -0.0641. The first kappa shape index (κ1) is 15.1. The maximum atomic E-state index is 12.1. The number of carbonyl (C=O) groups excluding carboxylic acids is 2. The summed E-state index contributed by atoms with van der Waals surface area (Å²) in [7, 11) is 0. The number of hydrogen-bond acceptors (Lipinski definition) is 2. The van der Waals surface area contributed by atoms with E-state index in [9.17, 15) is 9.59 Å². The first-order valence-electron chi connectivity index (χ1n) is 5.06. The summed E-state index contributed by atoms with van der Waals surface area (Å²) >= 11 is 0. The first-order chi connectivity index (χ1) is 7.79. The monoisotopic (exact) mass is 266 g/mol. The quantitative estimate of drug-likeness (QED) is 0.395. The van der Waals surface area contributed by atoms with Crippen LogP contribution in [0, 0.1) is 0 Å². The second-order valence-electron chi connectivity index (χ2n) is 3.75. The summed E-state index contributed by atoms with van der Waals surface area (Å²) in [4.78, 5) is 24.2. The van der Waals surface area contributed by atoms with Gasteiger partial charge in [-0.05, 0) is 0 Å². The van der Waals surface area contributed by atoms with E-state index in [-0.39, 0.29) is 53.5 Å². The van der Waals surface area contributed by atoms with Crippen LogP contribution in [-0.4, -0.2) is 11.6 Å². The summed E-state index contributed by atoms with van der Waals surface area (Å²) in [5.41, 5.74) is 2.02. The molecule has 84 valence electrons. The maximum Gasteiger partial charge on any atom is 1.00 e. The van der Waals surface area contributed by atoms with Gasteiger partial charge < -0.3 is 12.4 Å². The normalized spacial score (nSPS) is 11.8. The molecule has 2 aromatic rings. The van der Waals surface area contributed by atoms with Crippen LogP contribution in [-0.2, 0) is 0 Å². The fourth-order valence-corrected chi connectivity index (χ4v) is 2.05. The van der Waals surface area contributed by atoms with Gasteiger partial charge in [-0.25, -0.2) is 0 Å². The van der Waals surface area contributed by atoms with Gasteiger partial charge in [0.25, 0.3) is 0 Å². The average molecular weight is 267 g/mol. The minimum Gasteiger partial charge on any atom is -1.00 e. The van der Waals surface area contributed by atoms with E-state index in [2.05, 4.69) is 0 Å². The molecule has 0 N–H and O–H groups in total. The van der Waals surface area contributed by atoms with Crippen LogP contribution in [0.5, 0.6) is 0 Å². The number of rotatable bonds is 0. The Morgan fingerprint density at radius 2 is 0.778 bits per heavy atom. The summed E-state index contributed by atoms with van der Waals surface area (Å²) < 4.78 is 0. The fourth-order valence-electron chi connectivity index (χ4n) is 2.05. The van der Waals surface area contributed by atoms with Crippen molar-refractivity contribution in [1.82, 2.24) is 0 Å².